The zero-order valence-corrected chi connectivity index (χ0v) is 22.3. The summed E-state index contributed by atoms with van der Waals surface area (Å²) in [4.78, 5) is 38.6. The molecule has 1 aromatic rings. The molecule has 7 nitrogen and oxygen atoms in total. The van der Waals surface area contributed by atoms with Gasteiger partial charge in [0.25, 0.3) is 0 Å². The third-order valence-electron chi connectivity index (χ3n) is 8.84. The van der Waals surface area contributed by atoms with E-state index < -0.39 is 11.4 Å². The summed E-state index contributed by atoms with van der Waals surface area (Å²) >= 11 is 0. The number of methoxy groups -OCH3 is 1. The smallest absolute Gasteiger partial charge is 0.306 e. The van der Waals surface area contributed by atoms with Crippen molar-refractivity contribution in [3.63, 3.8) is 0 Å². The number of carboxylic acids is 1. The lowest BCUT2D eigenvalue weighted by atomic mass is 9.74. The normalized spacial score (nSPS) is 23.4. The molecule has 2 saturated carbocycles. The molecule has 1 aromatic carbocycles. The fourth-order valence-electron chi connectivity index (χ4n) is 6.58. The van der Waals surface area contributed by atoms with E-state index in [0.29, 0.717) is 58.3 Å². The van der Waals surface area contributed by atoms with Gasteiger partial charge in [-0.3, -0.25) is 14.4 Å². The predicted molar refractivity (Wildman–Crippen MR) is 140 cm³/mol. The van der Waals surface area contributed by atoms with Crippen LogP contribution in [0.3, 0.4) is 0 Å². The maximum Gasteiger partial charge on any atom is 0.306 e. The number of fused-ring (bicyclic) bond motifs is 1. The van der Waals surface area contributed by atoms with E-state index in [9.17, 15) is 19.5 Å². The predicted octanol–water partition coefficient (Wildman–Crippen LogP) is 4.28. The molecule has 2 N–H and O–H groups in total. The number of rotatable bonds is 13. The number of Topliss-reactive ketones (excluding diaryl/α,β-unsaturated/α-hetero) is 1. The van der Waals surface area contributed by atoms with Gasteiger partial charge in [-0.25, -0.2) is 0 Å². The Labute approximate surface area is 220 Å². The van der Waals surface area contributed by atoms with Crippen LogP contribution in [0.1, 0.15) is 80.9 Å². The monoisotopic (exact) mass is 513 g/mol. The molecule has 3 aliphatic carbocycles. The molecule has 0 bridgehead atoms. The second-order valence-corrected chi connectivity index (χ2v) is 11.4. The van der Waals surface area contributed by atoms with E-state index in [2.05, 4.69) is 23.5 Å². The molecule has 2 fully saturated rings. The van der Waals surface area contributed by atoms with Crippen LogP contribution in [0.15, 0.2) is 18.2 Å². The maximum atomic E-state index is 13.7. The summed E-state index contributed by atoms with van der Waals surface area (Å²) in [6.07, 6.45) is 10.4. The summed E-state index contributed by atoms with van der Waals surface area (Å²) in [6, 6.07) is 6.45. The van der Waals surface area contributed by atoms with Gasteiger partial charge in [-0.05, 0) is 80.9 Å². The molecule has 4 rings (SSSR count). The van der Waals surface area contributed by atoms with Crippen LogP contribution in [-0.4, -0.2) is 55.7 Å². The number of aryl methyl sites for hydroxylation is 2. The first-order valence-corrected chi connectivity index (χ1v) is 14.1. The highest BCUT2D eigenvalue weighted by molar-refractivity contribution is 5.87. The Balaban J connectivity index is 1.43. The highest BCUT2D eigenvalue weighted by Crippen LogP contribution is 2.44. The largest absolute Gasteiger partial charge is 0.481 e. The number of carbonyl (C=O) groups excluding carboxylic acids is 2. The van der Waals surface area contributed by atoms with E-state index in [4.69, 9.17) is 9.47 Å². The molecule has 1 amide bonds. The van der Waals surface area contributed by atoms with E-state index in [1.807, 2.05) is 0 Å². The Morgan fingerprint density at radius 3 is 2.46 bits per heavy atom. The standard InChI is InChI=1S/C30H43NO6/c1-36-15-16-37-20-25(27(32)18-21-7-8-22-5-4-6-24(22)17-21)19-30(13-2-3-14-30)29(35)31-26-11-9-23(10-12-26)28(33)34/h7-8,17,23,25-26H,2-6,9-16,18-20H2,1H3,(H,31,35)(H,33,34). The van der Waals surface area contributed by atoms with Crippen LogP contribution in [-0.2, 0) is 43.1 Å². The molecule has 0 radical (unpaired) electrons. The first-order valence-electron chi connectivity index (χ1n) is 14.1. The quantitative estimate of drug-likeness (QED) is 0.382. The SMILES string of the molecule is COCCOCC(CC1(C(=O)NC2CCC(C(=O)O)CC2)CCCC1)C(=O)Cc1ccc2c(c1)CCC2. The molecular weight excluding hydrogens is 470 g/mol. The molecule has 0 saturated heterocycles. The topological polar surface area (TPSA) is 102 Å². The van der Waals surface area contributed by atoms with Gasteiger partial charge >= 0.3 is 5.97 Å². The van der Waals surface area contributed by atoms with Gasteiger partial charge in [-0.15, -0.1) is 0 Å². The molecule has 0 heterocycles. The molecule has 0 spiro atoms. The molecule has 1 atom stereocenters. The highest BCUT2D eigenvalue weighted by Gasteiger charge is 2.45. The lowest BCUT2D eigenvalue weighted by Crippen LogP contribution is -2.47. The molecule has 204 valence electrons. The average molecular weight is 514 g/mol. The third-order valence-corrected chi connectivity index (χ3v) is 8.84. The summed E-state index contributed by atoms with van der Waals surface area (Å²) in [5.41, 5.74) is 3.25. The number of hydrogen-bond donors (Lipinski definition) is 2. The number of amides is 1. The van der Waals surface area contributed by atoms with Crippen LogP contribution < -0.4 is 5.32 Å². The van der Waals surface area contributed by atoms with Crippen molar-refractivity contribution in [2.75, 3.05) is 26.9 Å². The summed E-state index contributed by atoms with van der Waals surface area (Å²) in [5, 5.41) is 12.5. The lowest BCUT2D eigenvalue weighted by molar-refractivity contribution is -0.143. The molecular formula is C30H43NO6. The van der Waals surface area contributed by atoms with Crippen molar-refractivity contribution in [3.8, 4) is 0 Å². The number of carbonyl (C=O) groups is 3. The van der Waals surface area contributed by atoms with Gasteiger partial charge in [0.15, 0.2) is 0 Å². The van der Waals surface area contributed by atoms with Crippen molar-refractivity contribution in [3.05, 3.63) is 34.9 Å². The zero-order chi connectivity index (χ0) is 26.3. The molecule has 1 unspecified atom stereocenters. The van der Waals surface area contributed by atoms with Crippen molar-refractivity contribution >= 4 is 17.7 Å². The molecule has 0 aliphatic heterocycles. The number of aliphatic carboxylic acids is 1. The number of ketones is 1. The van der Waals surface area contributed by atoms with Crippen LogP contribution in [0.25, 0.3) is 0 Å². The highest BCUT2D eigenvalue weighted by atomic mass is 16.5. The number of ether oxygens (including phenoxy) is 2. The number of hydrogen-bond acceptors (Lipinski definition) is 5. The fraction of sp³-hybridized carbons (Fsp3) is 0.700. The Morgan fingerprint density at radius 1 is 1.03 bits per heavy atom. The van der Waals surface area contributed by atoms with Crippen molar-refractivity contribution in [2.45, 2.75) is 89.5 Å². The molecule has 37 heavy (non-hydrogen) atoms. The summed E-state index contributed by atoms with van der Waals surface area (Å²) in [6.45, 7) is 1.19. The van der Waals surface area contributed by atoms with E-state index in [1.54, 1.807) is 7.11 Å². The van der Waals surface area contributed by atoms with E-state index >= 15 is 0 Å². The first kappa shape index (κ1) is 27.8. The molecule has 3 aliphatic rings. The van der Waals surface area contributed by atoms with Gasteiger partial charge in [-0.1, -0.05) is 31.0 Å². The molecule has 0 aromatic heterocycles. The summed E-state index contributed by atoms with van der Waals surface area (Å²) in [7, 11) is 1.63. The van der Waals surface area contributed by atoms with Crippen molar-refractivity contribution < 1.29 is 29.0 Å². The van der Waals surface area contributed by atoms with E-state index in [0.717, 1.165) is 44.1 Å². The van der Waals surface area contributed by atoms with Gasteiger partial charge < -0.3 is 19.9 Å². The number of carboxylic acid groups (broad SMARTS) is 1. The second-order valence-electron chi connectivity index (χ2n) is 11.4. The van der Waals surface area contributed by atoms with Crippen LogP contribution >= 0.6 is 0 Å². The van der Waals surface area contributed by atoms with Gasteiger partial charge in [0, 0.05) is 30.9 Å². The van der Waals surface area contributed by atoms with E-state index in [-0.39, 0.29) is 29.6 Å². The van der Waals surface area contributed by atoms with Crippen LogP contribution in [0, 0.1) is 17.3 Å². The number of nitrogens with one attached hydrogen (secondary N) is 1. The Bertz CT molecular complexity index is 945. The number of benzene rings is 1. The third kappa shape index (κ3) is 7.20. The Morgan fingerprint density at radius 2 is 1.76 bits per heavy atom. The van der Waals surface area contributed by atoms with Gasteiger partial charge in [0.2, 0.25) is 5.91 Å². The fourth-order valence-corrected chi connectivity index (χ4v) is 6.58. The summed E-state index contributed by atoms with van der Waals surface area (Å²) < 4.78 is 11.0. The maximum absolute atomic E-state index is 13.7. The second kappa shape index (κ2) is 13.0. The van der Waals surface area contributed by atoms with Gasteiger partial charge in [0.05, 0.1) is 25.7 Å². The van der Waals surface area contributed by atoms with Gasteiger partial charge in [0.1, 0.15) is 5.78 Å². The van der Waals surface area contributed by atoms with Crippen molar-refractivity contribution in [2.24, 2.45) is 17.3 Å². The Kier molecular flexibility index (Phi) is 9.77. The zero-order valence-electron chi connectivity index (χ0n) is 22.3. The molecule has 7 heteroatoms. The minimum atomic E-state index is -0.741. The van der Waals surface area contributed by atoms with Gasteiger partial charge in [-0.2, -0.15) is 0 Å². The minimum Gasteiger partial charge on any atom is -0.481 e. The van der Waals surface area contributed by atoms with Crippen molar-refractivity contribution in [1.29, 1.82) is 0 Å². The Hall–Kier alpha value is -2.25. The minimum absolute atomic E-state index is 0.0130. The van der Waals surface area contributed by atoms with E-state index in [1.165, 1.54) is 17.5 Å². The van der Waals surface area contributed by atoms with Crippen LogP contribution in [0.4, 0.5) is 0 Å². The van der Waals surface area contributed by atoms with Crippen molar-refractivity contribution in [1.82, 2.24) is 5.32 Å². The van der Waals surface area contributed by atoms with Crippen LogP contribution in [0.2, 0.25) is 0 Å². The first-order chi connectivity index (χ1) is 17.9. The summed E-state index contributed by atoms with van der Waals surface area (Å²) in [5.74, 6) is -1.22. The van der Waals surface area contributed by atoms with Crippen LogP contribution in [0.5, 0.6) is 0 Å². The average Bonchev–Trinajstić information content (AvgIpc) is 3.56. The lowest BCUT2D eigenvalue weighted by Gasteiger charge is -2.35.